The molecular formula is C18H26N4O2. The molecule has 2 atom stereocenters. The molecule has 0 saturated carbocycles. The van der Waals surface area contributed by atoms with Crippen LogP contribution in [0.2, 0.25) is 0 Å². The van der Waals surface area contributed by atoms with E-state index in [0.717, 1.165) is 6.42 Å². The maximum atomic E-state index is 13.1. The molecule has 0 bridgehead atoms. The molecule has 24 heavy (non-hydrogen) atoms. The first-order chi connectivity index (χ1) is 11.3. The third kappa shape index (κ3) is 3.02. The molecule has 1 aliphatic rings. The van der Waals surface area contributed by atoms with Crippen LogP contribution in [0.25, 0.3) is 5.78 Å². The summed E-state index contributed by atoms with van der Waals surface area (Å²) < 4.78 is 1.75. The summed E-state index contributed by atoms with van der Waals surface area (Å²) in [5.41, 5.74) is 0.552. The Bertz CT molecular complexity index is 751. The Hall–Kier alpha value is -1.95. The van der Waals surface area contributed by atoms with Crippen molar-refractivity contribution in [3.63, 3.8) is 0 Å². The molecule has 6 nitrogen and oxygen atoms in total. The SMILES string of the molecule is Cc1nc2ncccn2c1C(=O)N1CC[C@](C)(O)[C@H](CC(C)C)C1. The van der Waals surface area contributed by atoms with Crippen molar-refractivity contribution in [1.82, 2.24) is 19.3 Å². The molecule has 0 radical (unpaired) electrons. The van der Waals surface area contributed by atoms with Gasteiger partial charge in [0.05, 0.1) is 11.3 Å². The van der Waals surface area contributed by atoms with Gasteiger partial charge in [-0.05, 0) is 38.7 Å². The van der Waals surface area contributed by atoms with E-state index in [1.54, 1.807) is 16.7 Å². The molecule has 6 heteroatoms. The zero-order valence-corrected chi connectivity index (χ0v) is 14.9. The highest BCUT2D eigenvalue weighted by Gasteiger charge is 2.40. The summed E-state index contributed by atoms with van der Waals surface area (Å²) >= 11 is 0. The molecule has 3 rings (SSSR count). The standard InChI is InChI=1S/C18H26N4O2/c1-12(2)10-14-11-21(9-6-18(14,4)24)16(23)15-13(3)20-17-19-7-5-8-22(15)17/h5,7-8,12,14,24H,6,9-11H2,1-4H3/t14-,18+/m1/s1. The summed E-state index contributed by atoms with van der Waals surface area (Å²) in [7, 11) is 0. The molecule has 0 spiro atoms. The van der Waals surface area contributed by atoms with Crippen LogP contribution in [-0.4, -0.2) is 49.0 Å². The second-order valence-corrected chi connectivity index (χ2v) is 7.52. The molecule has 130 valence electrons. The van der Waals surface area contributed by atoms with Crippen LogP contribution >= 0.6 is 0 Å². The minimum absolute atomic E-state index is 0.0303. The Balaban J connectivity index is 1.88. The van der Waals surface area contributed by atoms with Crippen LogP contribution in [-0.2, 0) is 0 Å². The van der Waals surface area contributed by atoms with E-state index in [1.165, 1.54) is 0 Å². The van der Waals surface area contributed by atoms with Crippen molar-refractivity contribution in [3.05, 3.63) is 29.8 Å². The highest BCUT2D eigenvalue weighted by Crippen LogP contribution is 2.33. The van der Waals surface area contributed by atoms with Gasteiger partial charge in [-0.2, -0.15) is 0 Å². The van der Waals surface area contributed by atoms with Crippen molar-refractivity contribution in [3.8, 4) is 0 Å². The topological polar surface area (TPSA) is 70.7 Å². The number of fused-ring (bicyclic) bond motifs is 1. The second kappa shape index (κ2) is 6.16. The predicted octanol–water partition coefficient (Wildman–Crippen LogP) is 2.30. The molecule has 2 aromatic heterocycles. The number of aromatic nitrogens is 3. The molecule has 0 unspecified atom stereocenters. The van der Waals surface area contributed by atoms with E-state index in [1.807, 2.05) is 24.9 Å². The van der Waals surface area contributed by atoms with Crippen molar-refractivity contribution in [2.75, 3.05) is 13.1 Å². The average molecular weight is 330 g/mol. The fraction of sp³-hybridized carbons (Fsp3) is 0.611. The van der Waals surface area contributed by atoms with Crippen LogP contribution < -0.4 is 0 Å². The lowest BCUT2D eigenvalue weighted by Gasteiger charge is -2.43. The first-order valence-corrected chi connectivity index (χ1v) is 8.61. The molecule has 1 saturated heterocycles. The lowest BCUT2D eigenvalue weighted by molar-refractivity contribution is -0.0578. The first kappa shape index (κ1) is 16.9. The minimum Gasteiger partial charge on any atom is -0.390 e. The molecular weight excluding hydrogens is 304 g/mol. The number of amides is 1. The Morgan fingerprint density at radius 3 is 2.96 bits per heavy atom. The summed E-state index contributed by atoms with van der Waals surface area (Å²) in [6.07, 6.45) is 5.00. The number of hydrogen-bond donors (Lipinski definition) is 1. The molecule has 2 aromatic rings. The lowest BCUT2D eigenvalue weighted by Crippen LogP contribution is -2.52. The smallest absolute Gasteiger partial charge is 0.272 e. The largest absolute Gasteiger partial charge is 0.390 e. The number of imidazole rings is 1. The monoisotopic (exact) mass is 330 g/mol. The molecule has 0 aliphatic carbocycles. The second-order valence-electron chi connectivity index (χ2n) is 7.52. The van der Waals surface area contributed by atoms with Gasteiger partial charge < -0.3 is 10.0 Å². The van der Waals surface area contributed by atoms with Gasteiger partial charge >= 0.3 is 0 Å². The number of nitrogens with zero attached hydrogens (tertiary/aromatic N) is 4. The third-order valence-electron chi connectivity index (χ3n) is 5.03. The quantitative estimate of drug-likeness (QED) is 0.937. The lowest BCUT2D eigenvalue weighted by atomic mass is 9.78. The zero-order chi connectivity index (χ0) is 17.5. The number of aryl methyl sites for hydroxylation is 1. The van der Waals surface area contributed by atoms with E-state index in [9.17, 15) is 9.90 Å². The number of rotatable bonds is 3. The van der Waals surface area contributed by atoms with Gasteiger partial charge in [0.15, 0.2) is 0 Å². The molecule has 1 N–H and O–H groups in total. The van der Waals surface area contributed by atoms with E-state index in [2.05, 4.69) is 23.8 Å². The summed E-state index contributed by atoms with van der Waals surface area (Å²) in [6, 6.07) is 1.80. The van der Waals surface area contributed by atoms with Crippen molar-refractivity contribution < 1.29 is 9.90 Å². The fourth-order valence-electron chi connectivity index (χ4n) is 3.61. The van der Waals surface area contributed by atoms with E-state index >= 15 is 0 Å². The van der Waals surface area contributed by atoms with Gasteiger partial charge in [-0.15, -0.1) is 0 Å². The van der Waals surface area contributed by atoms with E-state index in [0.29, 0.717) is 42.6 Å². The van der Waals surface area contributed by atoms with Gasteiger partial charge in [0.2, 0.25) is 5.78 Å². The number of likely N-dealkylation sites (tertiary alicyclic amines) is 1. The molecule has 0 aromatic carbocycles. The number of carbonyl (C=O) groups is 1. The number of hydrogen-bond acceptors (Lipinski definition) is 4. The van der Waals surface area contributed by atoms with Crippen LogP contribution in [0.4, 0.5) is 0 Å². The first-order valence-electron chi connectivity index (χ1n) is 8.61. The van der Waals surface area contributed by atoms with Crippen molar-refractivity contribution >= 4 is 11.7 Å². The van der Waals surface area contributed by atoms with Crippen molar-refractivity contribution in [1.29, 1.82) is 0 Å². The van der Waals surface area contributed by atoms with Gasteiger partial charge in [-0.25, -0.2) is 9.97 Å². The molecule has 1 amide bonds. The Kier molecular flexibility index (Phi) is 4.34. The molecule has 3 heterocycles. The number of piperidine rings is 1. The van der Waals surface area contributed by atoms with Gasteiger partial charge in [0.25, 0.3) is 5.91 Å². The van der Waals surface area contributed by atoms with Crippen molar-refractivity contribution in [2.45, 2.75) is 46.1 Å². The molecule has 1 fully saturated rings. The summed E-state index contributed by atoms with van der Waals surface area (Å²) in [5.74, 6) is 1.09. The highest BCUT2D eigenvalue weighted by molar-refractivity contribution is 5.94. The number of aliphatic hydroxyl groups is 1. The zero-order valence-electron chi connectivity index (χ0n) is 14.9. The van der Waals surface area contributed by atoms with Crippen LogP contribution in [0, 0.1) is 18.8 Å². The maximum Gasteiger partial charge on any atom is 0.272 e. The van der Waals surface area contributed by atoms with Crippen LogP contribution in [0.5, 0.6) is 0 Å². The Labute approximate surface area is 142 Å². The van der Waals surface area contributed by atoms with Gasteiger partial charge in [0.1, 0.15) is 5.69 Å². The van der Waals surface area contributed by atoms with E-state index < -0.39 is 5.60 Å². The molecule has 1 aliphatic heterocycles. The number of carbonyl (C=O) groups excluding carboxylic acids is 1. The maximum absolute atomic E-state index is 13.1. The minimum atomic E-state index is -0.711. The van der Waals surface area contributed by atoms with Crippen LogP contribution in [0.1, 0.15) is 49.8 Å². The van der Waals surface area contributed by atoms with E-state index in [-0.39, 0.29) is 11.8 Å². The Morgan fingerprint density at radius 1 is 1.50 bits per heavy atom. The van der Waals surface area contributed by atoms with Gasteiger partial charge in [-0.1, -0.05) is 13.8 Å². The summed E-state index contributed by atoms with van der Waals surface area (Å²) in [4.78, 5) is 23.5. The predicted molar refractivity (Wildman–Crippen MR) is 91.8 cm³/mol. The average Bonchev–Trinajstić information content (AvgIpc) is 2.84. The highest BCUT2D eigenvalue weighted by atomic mass is 16.3. The van der Waals surface area contributed by atoms with Crippen LogP contribution in [0.15, 0.2) is 18.5 Å². The van der Waals surface area contributed by atoms with E-state index in [4.69, 9.17) is 0 Å². The van der Waals surface area contributed by atoms with Gasteiger partial charge in [0, 0.05) is 31.4 Å². The third-order valence-corrected chi connectivity index (χ3v) is 5.03. The van der Waals surface area contributed by atoms with Crippen LogP contribution in [0.3, 0.4) is 0 Å². The normalized spacial score (nSPS) is 24.8. The Morgan fingerprint density at radius 2 is 2.25 bits per heavy atom. The summed E-state index contributed by atoms with van der Waals surface area (Å²) in [6.45, 7) is 9.18. The van der Waals surface area contributed by atoms with Crippen molar-refractivity contribution in [2.24, 2.45) is 11.8 Å². The summed E-state index contributed by atoms with van der Waals surface area (Å²) in [5, 5.41) is 10.7. The fourth-order valence-corrected chi connectivity index (χ4v) is 3.61. The van der Waals surface area contributed by atoms with Gasteiger partial charge in [-0.3, -0.25) is 9.20 Å².